The zero-order valence-corrected chi connectivity index (χ0v) is 10.0. The van der Waals surface area contributed by atoms with E-state index in [1.54, 1.807) is 0 Å². The standard InChI is InChI=1S/C13H17F2NO2/c14-11-5-1-4-10(13(11)15)12(8-17)16-7-9-3-2-6-18-9/h1,4-5,9,12,16-17H,2-3,6-8H2. The summed E-state index contributed by atoms with van der Waals surface area (Å²) in [5, 5.41) is 12.3. The fraction of sp³-hybridized carbons (Fsp3) is 0.538. The molecule has 1 saturated heterocycles. The third kappa shape index (κ3) is 3.04. The summed E-state index contributed by atoms with van der Waals surface area (Å²) in [4.78, 5) is 0. The van der Waals surface area contributed by atoms with Crippen LogP contribution in [0.2, 0.25) is 0 Å². The number of aliphatic hydroxyl groups is 1. The van der Waals surface area contributed by atoms with Crippen LogP contribution in [0.1, 0.15) is 24.4 Å². The predicted octanol–water partition coefficient (Wildman–Crippen LogP) is 1.77. The maximum absolute atomic E-state index is 13.6. The SMILES string of the molecule is OCC(NCC1CCCO1)c1cccc(F)c1F. The maximum atomic E-state index is 13.6. The van der Waals surface area contributed by atoms with Gasteiger partial charge in [0.05, 0.1) is 18.8 Å². The first kappa shape index (κ1) is 13.4. The number of halogens is 2. The van der Waals surface area contributed by atoms with E-state index in [0.29, 0.717) is 6.54 Å². The molecule has 1 aliphatic rings. The summed E-state index contributed by atoms with van der Waals surface area (Å²) < 4.78 is 32.1. The molecule has 1 fully saturated rings. The van der Waals surface area contributed by atoms with Gasteiger partial charge < -0.3 is 15.2 Å². The number of rotatable bonds is 5. The molecule has 100 valence electrons. The molecule has 18 heavy (non-hydrogen) atoms. The smallest absolute Gasteiger partial charge is 0.163 e. The third-order valence-electron chi connectivity index (χ3n) is 3.16. The van der Waals surface area contributed by atoms with Crippen LogP contribution in [0.15, 0.2) is 18.2 Å². The van der Waals surface area contributed by atoms with Gasteiger partial charge in [0.1, 0.15) is 0 Å². The number of hydrogen-bond acceptors (Lipinski definition) is 3. The minimum atomic E-state index is -0.906. The van der Waals surface area contributed by atoms with Gasteiger partial charge in [-0.15, -0.1) is 0 Å². The van der Waals surface area contributed by atoms with Crippen LogP contribution in [0.4, 0.5) is 8.78 Å². The van der Waals surface area contributed by atoms with Gasteiger partial charge in [0.25, 0.3) is 0 Å². The molecule has 0 radical (unpaired) electrons. The van der Waals surface area contributed by atoms with Gasteiger partial charge in [0.15, 0.2) is 11.6 Å². The Labute approximate surface area is 105 Å². The molecule has 2 rings (SSSR count). The van der Waals surface area contributed by atoms with Crippen LogP contribution in [0, 0.1) is 11.6 Å². The summed E-state index contributed by atoms with van der Waals surface area (Å²) in [7, 11) is 0. The molecule has 2 atom stereocenters. The largest absolute Gasteiger partial charge is 0.394 e. The van der Waals surface area contributed by atoms with Crippen molar-refractivity contribution in [1.82, 2.24) is 5.32 Å². The van der Waals surface area contributed by atoms with Crippen LogP contribution in [-0.2, 0) is 4.74 Å². The minimum Gasteiger partial charge on any atom is -0.394 e. The third-order valence-corrected chi connectivity index (χ3v) is 3.16. The highest BCUT2D eigenvalue weighted by molar-refractivity contribution is 5.22. The topological polar surface area (TPSA) is 41.5 Å². The normalized spacial score (nSPS) is 21.2. The summed E-state index contributed by atoms with van der Waals surface area (Å²) >= 11 is 0. The second-order valence-electron chi connectivity index (χ2n) is 4.42. The monoisotopic (exact) mass is 257 g/mol. The highest BCUT2D eigenvalue weighted by Crippen LogP contribution is 2.20. The van der Waals surface area contributed by atoms with Gasteiger partial charge >= 0.3 is 0 Å². The lowest BCUT2D eigenvalue weighted by Gasteiger charge is -2.19. The number of aliphatic hydroxyl groups excluding tert-OH is 1. The first-order valence-corrected chi connectivity index (χ1v) is 6.12. The zero-order chi connectivity index (χ0) is 13.0. The van der Waals surface area contributed by atoms with Crippen molar-refractivity contribution in [3.63, 3.8) is 0 Å². The molecule has 1 aromatic rings. The molecule has 0 spiro atoms. The quantitative estimate of drug-likeness (QED) is 0.844. The molecule has 3 nitrogen and oxygen atoms in total. The number of benzene rings is 1. The highest BCUT2D eigenvalue weighted by Gasteiger charge is 2.20. The Morgan fingerprint density at radius 1 is 1.44 bits per heavy atom. The van der Waals surface area contributed by atoms with Crippen LogP contribution in [0.3, 0.4) is 0 Å². The number of nitrogens with one attached hydrogen (secondary N) is 1. The van der Waals surface area contributed by atoms with Crippen molar-refractivity contribution in [1.29, 1.82) is 0 Å². The molecule has 0 amide bonds. The van der Waals surface area contributed by atoms with Gasteiger partial charge in [-0.1, -0.05) is 12.1 Å². The molecule has 0 aliphatic carbocycles. The summed E-state index contributed by atoms with van der Waals surface area (Å²) in [5.74, 6) is -1.80. The summed E-state index contributed by atoms with van der Waals surface area (Å²) in [5.41, 5.74) is 0.149. The molecule has 2 unspecified atom stereocenters. The van der Waals surface area contributed by atoms with E-state index >= 15 is 0 Å². The lowest BCUT2D eigenvalue weighted by Crippen LogP contribution is -2.32. The minimum absolute atomic E-state index is 0.0932. The Kier molecular flexibility index (Phi) is 4.63. The molecule has 5 heteroatoms. The summed E-state index contributed by atoms with van der Waals surface area (Å²) in [6.07, 6.45) is 2.07. The van der Waals surface area contributed by atoms with E-state index < -0.39 is 17.7 Å². The van der Waals surface area contributed by atoms with Crippen molar-refractivity contribution in [3.8, 4) is 0 Å². The van der Waals surface area contributed by atoms with E-state index in [9.17, 15) is 13.9 Å². The zero-order valence-electron chi connectivity index (χ0n) is 10.0. The second kappa shape index (κ2) is 6.22. The first-order chi connectivity index (χ1) is 8.72. The molecule has 1 aliphatic heterocycles. The van der Waals surface area contributed by atoms with Crippen molar-refractivity contribution in [3.05, 3.63) is 35.4 Å². The van der Waals surface area contributed by atoms with Crippen LogP contribution in [0.25, 0.3) is 0 Å². The molecule has 0 aromatic heterocycles. The average molecular weight is 257 g/mol. The van der Waals surface area contributed by atoms with Crippen molar-refractivity contribution in [2.24, 2.45) is 0 Å². The Hall–Kier alpha value is -1.04. The molecule has 0 saturated carbocycles. The van der Waals surface area contributed by atoms with Crippen LogP contribution >= 0.6 is 0 Å². The predicted molar refractivity (Wildman–Crippen MR) is 63.2 cm³/mol. The second-order valence-corrected chi connectivity index (χ2v) is 4.42. The fourth-order valence-corrected chi connectivity index (χ4v) is 2.14. The van der Waals surface area contributed by atoms with Gasteiger partial charge in [-0.2, -0.15) is 0 Å². The average Bonchev–Trinajstić information content (AvgIpc) is 2.88. The van der Waals surface area contributed by atoms with Crippen LogP contribution < -0.4 is 5.32 Å². The lowest BCUT2D eigenvalue weighted by molar-refractivity contribution is 0.103. The Morgan fingerprint density at radius 2 is 2.28 bits per heavy atom. The van der Waals surface area contributed by atoms with Crippen molar-refractivity contribution >= 4 is 0 Å². The van der Waals surface area contributed by atoms with E-state index in [-0.39, 0.29) is 18.3 Å². The Bertz CT molecular complexity index is 395. The van der Waals surface area contributed by atoms with E-state index in [1.165, 1.54) is 12.1 Å². The van der Waals surface area contributed by atoms with Crippen molar-refractivity contribution in [2.75, 3.05) is 19.8 Å². The van der Waals surface area contributed by atoms with E-state index in [0.717, 1.165) is 25.5 Å². The first-order valence-electron chi connectivity index (χ1n) is 6.12. The van der Waals surface area contributed by atoms with Crippen molar-refractivity contribution < 1.29 is 18.6 Å². The molecule has 2 N–H and O–H groups in total. The lowest BCUT2D eigenvalue weighted by atomic mass is 10.1. The summed E-state index contributed by atoms with van der Waals surface area (Å²) in [6, 6.07) is 3.36. The van der Waals surface area contributed by atoms with Gasteiger partial charge in [0, 0.05) is 18.7 Å². The maximum Gasteiger partial charge on any atom is 0.163 e. The Morgan fingerprint density at radius 3 is 2.94 bits per heavy atom. The molecule has 0 bridgehead atoms. The molecular formula is C13H17F2NO2. The molecular weight excluding hydrogens is 240 g/mol. The van der Waals surface area contributed by atoms with Crippen molar-refractivity contribution in [2.45, 2.75) is 25.0 Å². The molecule has 1 heterocycles. The van der Waals surface area contributed by atoms with Gasteiger partial charge in [-0.05, 0) is 18.9 Å². The summed E-state index contributed by atoms with van der Waals surface area (Å²) in [6.45, 7) is 0.985. The van der Waals surface area contributed by atoms with Crippen LogP contribution in [0.5, 0.6) is 0 Å². The number of ether oxygens (including phenoxy) is 1. The van der Waals surface area contributed by atoms with E-state index in [1.807, 2.05) is 0 Å². The fourth-order valence-electron chi connectivity index (χ4n) is 2.14. The van der Waals surface area contributed by atoms with Gasteiger partial charge in [-0.25, -0.2) is 8.78 Å². The van der Waals surface area contributed by atoms with Gasteiger partial charge in [-0.3, -0.25) is 0 Å². The molecule has 1 aromatic carbocycles. The Balaban J connectivity index is 2.00. The van der Waals surface area contributed by atoms with Crippen LogP contribution in [-0.4, -0.2) is 31.0 Å². The highest BCUT2D eigenvalue weighted by atomic mass is 19.2. The van der Waals surface area contributed by atoms with Gasteiger partial charge in [0.2, 0.25) is 0 Å². The van der Waals surface area contributed by atoms with E-state index in [2.05, 4.69) is 5.32 Å². The van der Waals surface area contributed by atoms with E-state index in [4.69, 9.17) is 4.74 Å². The number of hydrogen-bond donors (Lipinski definition) is 2.